The highest BCUT2D eigenvalue weighted by Crippen LogP contribution is 2.40. The first-order chi connectivity index (χ1) is 12.9. The van der Waals surface area contributed by atoms with Crippen molar-refractivity contribution in [1.29, 1.82) is 0 Å². The zero-order valence-electron chi connectivity index (χ0n) is 16.1. The molecule has 1 saturated heterocycles. The first kappa shape index (κ1) is 22.5. The third-order valence-electron chi connectivity index (χ3n) is 4.85. The van der Waals surface area contributed by atoms with Gasteiger partial charge in [0, 0.05) is 26.2 Å². The summed E-state index contributed by atoms with van der Waals surface area (Å²) in [7, 11) is 0. The Labute approximate surface area is 170 Å². The predicted molar refractivity (Wildman–Crippen MR) is 107 cm³/mol. The van der Waals surface area contributed by atoms with Gasteiger partial charge in [0.1, 0.15) is 18.4 Å². The fourth-order valence-corrected chi connectivity index (χ4v) is 3.65. The van der Waals surface area contributed by atoms with E-state index in [1.165, 1.54) is 4.90 Å². The number of aryl methyl sites for hydroxylation is 2. The molecule has 7 heteroatoms. The third kappa shape index (κ3) is 5.40. The highest BCUT2D eigenvalue weighted by Gasteiger charge is 2.45. The summed E-state index contributed by atoms with van der Waals surface area (Å²) in [5.74, 6) is 0.656. The summed E-state index contributed by atoms with van der Waals surface area (Å²) >= 11 is 0. The van der Waals surface area contributed by atoms with Crippen molar-refractivity contribution < 1.29 is 17.9 Å². The van der Waals surface area contributed by atoms with E-state index in [4.69, 9.17) is 4.74 Å². The van der Waals surface area contributed by atoms with Gasteiger partial charge in [0.25, 0.3) is 0 Å². The number of rotatable bonds is 5. The molecule has 0 amide bonds. The molecule has 0 unspecified atom stereocenters. The smallest absolute Gasteiger partial charge is 0.408 e. The molecule has 2 aromatic rings. The Hall–Kier alpha value is -1.76. The highest BCUT2D eigenvalue weighted by molar-refractivity contribution is 5.85. The quantitative estimate of drug-likeness (QED) is 0.759. The number of nitrogens with one attached hydrogen (secondary N) is 1. The molecule has 28 heavy (non-hydrogen) atoms. The van der Waals surface area contributed by atoms with Crippen LogP contribution in [0.4, 0.5) is 13.2 Å². The van der Waals surface area contributed by atoms with Gasteiger partial charge in [-0.25, -0.2) is 0 Å². The fraction of sp³-hybridized carbons (Fsp3) is 0.429. The lowest BCUT2D eigenvalue weighted by Gasteiger charge is -2.36. The Morgan fingerprint density at radius 1 is 1.04 bits per heavy atom. The van der Waals surface area contributed by atoms with E-state index in [2.05, 4.69) is 5.32 Å². The van der Waals surface area contributed by atoms with E-state index in [1.54, 1.807) is 12.1 Å². The molecule has 1 fully saturated rings. The second-order valence-corrected chi connectivity index (χ2v) is 6.99. The van der Waals surface area contributed by atoms with Gasteiger partial charge in [-0.05, 0) is 36.1 Å². The van der Waals surface area contributed by atoms with Crippen molar-refractivity contribution in [1.82, 2.24) is 10.2 Å². The molecular weight excluding hydrogens is 389 g/mol. The Morgan fingerprint density at radius 2 is 1.61 bits per heavy atom. The lowest BCUT2D eigenvalue weighted by Crippen LogP contribution is -2.49. The van der Waals surface area contributed by atoms with Gasteiger partial charge < -0.3 is 10.1 Å². The monoisotopic (exact) mass is 414 g/mol. The van der Waals surface area contributed by atoms with Crippen molar-refractivity contribution in [2.24, 2.45) is 0 Å². The Balaban J connectivity index is 0.00000280. The maximum Gasteiger partial charge on any atom is 0.408 e. The molecule has 0 aliphatic carbocycles. The lowest BCUT2D eigenvalue weighted by molar-refractivity contribution is -0.187. The molecule has 1 aliphatic heterocycles. The number of halogens is 4. The van der Waals surface area contributed by atoms with Crippen LogP contribution in [-0.2, 0) is 6.61 Å². The van der Waals surface area contributed by atoms with Crippen molar-refractivity contribution in [3.63, 3.8) is 0 Å². The molecule has 1 heterocycles. The average Bonchev–Trinajstić information content (AvgIpc) is 2.62. The van der Waals surface area contributed by atoms with Crippen LogP contribution in [0.25, 0.3) is 0 Å². The van der Waals surface area contributed by atoms with Crippen LogP contribution in [0.3, 0.4) is 0 Å². The second kappa shape index (κ2) is 9.63. The van der Waals surface area contributed by atoms with E-state index in [9.17, 15) is 13.2 Å². The van der Waals surface area contributed by atoms with E-state index < -0.39 is 12.2 Å². The van der Waals surface area contributed by atoms with Crippen LogP contribution in [0.15, 0.2) is 42.5 Å². The summed E-state index contributed by atoms with van der Waals surface area (Å²) in [4.78, 5) is 1.51. The van der Waals surface area contributed by atoms with Gasteiger partial charge in [-0.3, -0.25) is 4.90 Å². The minimum absolute atomic E-state index is 0. The van der Waals surface area contributed by atoms with Crippen LogP contribution in [0.1, 0.15) is 28.3 Å². The van der Waals surface area contributed by atoms with E-state index in [0.717, 1.165) is 16.7 Å². The van der Waals surface area contributed by atoms with E-state index >= 15 is 0 Å². The predicted octanol–water partition coefficient (Wildman–Crippen LogP) is 4.81. The first-order valence-electron chi connectivity index (χ1n) is 9.15. The molecule has 3 rings (SSSR count). The number of hydrogen-bond acceptors (Lipinski definition) is 3. The number of benzene rings is 2. The Bertz CT molecular complexity index is 739. The van der Waals surface area contributed by atoms with E-state index in [0.29, 0.717) is 38.5 Å². The molecule has 0 radical (unpaired) electrons. The topological polar surface area (TPSA) is 24.5 Å². The summed E-state index contributed by atoms with van der Waals surface area (Å²) in [6.45, 7) is 5.92. The van der Waals surface area contributed by atoms with Crippen molar-refractivity contribution >= 4 is 12.4 Å². The standard InChI is InChI=1S/C21H25F3N2O.ClH/c1-15-12-18(20(21(22,23)24)26-10-8-25-9-11-26)13-16(2)19(15)27-14-17-6-4-3-5-7-17;/h3-7,12-13,20,25H,8-11,14H2,1-2H3;1H/t20-;/m1./s1. The largest absolute Gasteiger partial charge is 0.488 e. The van der Waals surface area contributed by atoms with Gasteiger partial charge in [-0.2, -0.15) is 13.2 Å². The van der Waals surface area contributed by atoms with Crippen LogP contribution in [0, 0.1) is 13.8 Å². The zero-order valence-corrected chi connectivity index (χ0v) is 16.9. The van der Waals surface area contributed by atoms with Crippen molar-refractivity contribution in [2.75, 3.05) is 26.2 Å². The highest BCUT2D eigenvalue weighted by atomic mass is 35.5. The molecule has 154 valence electrons. The minimum Gasteiger partial charge on any atom is -0.488 e. The summed E-state index contributed by atoms with van der Waals surface area (Å²) in [6.07, 6.45) is -4.32. The fourth-order valence-electron chi connectivity index (χ4n) is 3.65. The summed E-state index contributed by atoms with van der Waals surface area (Å²) in [6, 6.07) is 11.4. The lowest BCUT2D eigenvalue weighted by atomic mass is 9.98. The van der Waals surface area contributed by atoms with Gasteiger partial charge >= 0.3 is 6.18 Å². The summed E-state index contributed by atoms with van der Waals surface area (Å²) < 4.78 is 47.4. The van der Waals surface area contributed by atoms with Crippen LogP contribution >= 0.6 is 12.4 Å². The number of piperazine rings is 1. The molecular formula is C21H26ClF3N2O. The molecule has 0 spiro atoms. The molecule has 2 aromatic carbocycles. The van der Waals surface area contributed by atoms with Gasteiger partial charge in [-0.1, -0.05) is 42.5 Å². The van der Waals surface area contributed by atoms with Gasteiger partial charge in [0.2, 0.25) is 0 Å². The number of ether oxygens (including phenoxy) is 1. The van der Waals surface area contributed by atoms with Crippen LogP contribution in [-0.4, -0.2) is 37.3 Å². The van der Waals surface area contributed by atoms with Gasteiger partial charge in [0.15, 0.2) is 0 Å². The van der Waals surface area contributed by atoms with Gasteiger partial charge in [-0.15, -0.1) is 12.4 Å². The van der Waals surface area contributed by atoms with E-state index in [1.807, 2.05) is 44.2 Å². The molecule has 1 atom stereocenters. The van der Waals surface area contributed by atoms with Crippen LogP contribution in [0.2, 0.25) is 0 Å². The number of hydrogen-bond donors (Lipinski definition) is 1. The molecule has 3 nitrogen and oxygen atoms in total. The molecule has 0 bridgehead atoms. The maximum absolute atomic E-state index is 13.8. The Morgan fingerprint density at radius 3 is 2.14 bits per heavy atom. The van der Waals surface area contributed by atoms with Crippen molar-refractivity contribution in [3.05, 3.63) is 64.7 Å². The number of alkyl halides is 3. The van der Waals surface area contributed by atoms with Crippen molar-refractivity contribution in [2.45, 2.75) is 32.7 Å². The van der Waals surface area contributed by atoms with E-state index in [-0.39, 0.29) is 18.0 Å². The molecule has 0 saturated carbocycles. The average molecular weight is 415 g/mol. The molecule has 0 aromatic heterocycles. The molecule has 1 N–H and O–H groups in total. The second-order valence-electron chi connectivity index (χ2n) is 6.99. The Kier molecular flexibility index (Phi) is 7.75. The zero-order chi connectivity index (χ0) is 19.4. The summed E-state index contributed by atoms with van der Waals surface area (Å²) in [5.41, 5.74) is 2.76. The third-order valence-corrected chi connectivity index (χ3v) is 4.85. The normalized spacial score (nSPS) is 16.3. The number of nitrogens with zero attached hydrogens (tertiary/aromatic N) is 1. The minimum atomic E-state index is -4.32. The molecule has 1 aliphatic rings. The van der Waals surface area contributed by atoms with Crippen LogP contribution in [0.5, 0.6) is 5.75 Å². The van der Waals surface area contributed by atoms with Crippen LogP contribution < -0.4 is 10.1 Å². The van der Waals surface area contributed by atoms with Crippen molar-refractivity contribution in [3.8, 4) is 5.75 Å². The SMILES string of the molecule is Cc1cc([C@@H](N2CCNCC2)C(F)(F)F)cc(C)c1OCc1ccccc1.Cl. The maximum atomic E-state index is 13.8. The first-order valence-corrected chi connectivity index (χ1v) is 9.15. The summed E-state index contributed by atoms with van der Waals surface area (Å²) in [5, 5.41) is 3.11. The van der Waals surface area contributed by atoms with Gasteiger partial charge in [0.05, 0.1) is 0 Å².